The van der Waals surface area contributed by atoms with E-state index in [1.54, 1.807) is 0 Å². The number of aliphatic carboxylic acids is 1. The molecule has 0 unspecified atom stereocenters. The maximum atomic E-state index is 12.2. The van der Waals surface area contributed by atoms with Crippen molar-refractivity contribution < 1.29 is 14.7 Å². The van der Waals surface area contributed by atoms with E-state index in [9.17, 15) is 9.59 Å². The summed E-state index contributed by atoms with van der Waals surface area (Å²) in [6, 6.07) is 9.66. The van der Waals surface area contributed by atoms with E-state index in [4.69, 9.17) is 5.11 Å². The van der Waals surface area contributed by atoms with Crippen molar-refractivity contribution >= 4 is 11.8 Å². The summed E-state index contributed by atoms with van der Waals surface area (Å²) in [6.45, 7) is 0. The van der Waals surface area contributed by atoms with E-state index in [-0.39, 0.29) is 24.0 Å². The van der Waals surface area contributed by atoms with Gasteiger partial charge >= 0.3 is 5.97 Å². The van der Waals surface area contributed by atoms with Crippen molar-refractivity contribution in [2.24, 2.45) is 5.92 Å². The van der Waals surface area contributed by atoms with Crippen LogP contribution in [0.2, 0.25) is 0 Å². The van der Waals surface area contributed by atoms with Gasteiger partial charge in [-0.2, -0.15) is 0 Å². The molecule has 2 atom stereocenters. The first kappa shape index (κ1) is 11.8. The first-order valence-corrected chi connectivity index (χ1v) is 5.99. The van der Waals surface area contributed by atoms with Crippen molar-refractivity contribution in [2.45, 2.75) is 31.6 Å². The number of benzene rings is 1. The van der Waals surface area contributed by atoms with Crippen LogP contribution in [0.1, 0.15) is 37.2 Å². The van der Waals surface area contributed by atoms with E-state index < -0.39 is 5.97 Å². The summed E-state index contributed by atoms with van der Waals surface area (Å²) in [4.78, 5) is 22.9. The van der Waals surface area contributed by atoms with Crippen LogP contribution in [0.15, 0.2) is 30.3 Å². The van der Waals surface area contributed by atoms with Gasteiger partial charge in [0.2, 0.25) is 0 Å². The summed E-state index contributed by atoms with van der Waals surface area (Å²) in [5, 5.41) is 8.79. The number of carboxylic acids is 1. The Hall–Kier alpha value is -1.64. The molecule has 0 saturated heterocycles. The molecule has 1 aromatic rings. The van der Waals surface area contributed by atoms with E-state index in [1.165, 1.54) is 0 Å². The van der Waals surface area contributed by atoms with Gasteiger partial charge in [0.15, 0.2) is 0 Å². The normalized spacial score (nSPS) is 24.6. The second-order valence-corrected chi connectivity index (χ2v) is 4.59. The summed E-state index contributed by atoms with van der Waals surface area (Å²) in [5.41, 5.74) is 1.02. The van der Waals surface area contributed by atoms with Crippen molar-refractivity contribution in [1.82, 2.24) is 0 Å². The Labute approximate surface area is 100 Å². The van der Waals surface area contributed by atoms with E-state index in [0.717, 1.165) is 18.4 Å². The molecule has 2 rings (SSSR count). The Bertz CT molecular complexity index is 411. The van der Waals surface area contributed by atoms with Crippen LogP contribution < -0.4 is 0 Å². The molecule has 3 heteroatoms. The number of Topliss-reactive ketones (excluding diaryl/α,β-unsaturated/α-hetero) is 1. The maximum absolute atomic E-state index is 12.2. The van der Waals surface area contributed by atoms with Crippen LogP contribution in [0.3, 0.4) is 0 Å². The van der Waals surface area contributed by atoms with E-state index >= 15 is 0 Å². The van der Waals surface area contributed by atoms with Crippen molar-refractivity contribution in [1.29, 1.82) is 0 Å². The van der Waals surface area contributed by atoms with E-state index in [1.807, 2.05) is 30.3 Å². The molecule has 90 valence electrons. The lowest BCUT2D eigenvalue weighted by molar-refractivity contribution is -0.141. The highest BCUT2D eigenvalue weighted by Gasteiger charge is 2.33. The Morgan fingerprint density at radius 2 is 1.94 bits per heavy atom. The van der Waals surface area contributed by atoms with Crippen LogP contribution in [0, 0.1) is 5.92 Å². The van der Waals surface area contributed by atoms with Crippen molar-refractivity contribution in [3.8, 4) is 0 Å². The fourth-order valence-corrected chi connectivity index (χ4v) is 2.57. The average molecular weight is 232 g/mol. The molecule has 0 spiro atoms. The zero-order chi connectivity index (χ0) is 12.3. The molecule has 17 heavy (non-hydrogen) atoms. The Morgan fingerprint density at radius 3 is 2.59 bits per heavy atom. The van der Waals surface area contributed by atoms with E-state index in [0.29, 0.717) is 6.42 Å². The van der Waals surface area contributed by atoms with Crippen molar-refractivity contribution in [3.05, 3.63) is 35.9 Å². The molecular formula is C14H16O3. The quantitative estimate of drug-likeness (QED) is 0.871. The third-order valence-electron chi connectivity index (χ3n) is 3.41. The van der Waals surface area contributed by atoms with Crippen molar-refractivity contribution in [3.63, 3.8) is 0 Å². The summed E-state index contributed by atoms with van der Waals surface area (Å²) in [6.07, 6.45) is 2.47. The monoisotopic (exact) mass is 232 g/mol. The summed E-state index contributed by atoms with van der Waals surface area (Å²) in [7, 11) is 0. The Morgan fingerprint density at radius 1 is 1.24 bits per heavy atom. The highest BCUT2D eigenvalue weighted by Crippen LogP contribution is 2.34. The number of rotatable bonds is 3. The van der Waals surface area contributed by atoms with E-state index in [2.05, 4.69) is 0 Å². The van der Waals surface area contributed by atoms with Gasteiger partial charge in [-0.3, -0.25) is 9.59 Å². The second kappa shape index (κ2) is 5.13. The maximum Gasteiger partial charge on any atom is 0.304 e. The van der Waals surface area contributed by atoms with Crippen LogP contribution in [0.4, 0.5) is 0 Å². The first-order chi connectivity index (χ1) is 8.18. The fraction of sp³-hybridized carbons (Fsp3) is 0.429. The van der Waals surface area contributed by atoms with Gasteiger partial charge in [0.1, 0.15) is 5.78 Å². The van der Waals surface area contributed by atoms with Crippen LogP contribution in [0.25, 0.3) is 0 Å². The summed E-state index contributed by atoms with van der Waals surface area (Å²) in [5.74, 6) is -1.18. The predicted octanol–water partition coefficient (Wildman–Crippen LogP) is 2.61. The fourth-order valence-electron chi connectivity index (χ4n) is 2.57. The standard InChI is InChI=1S/C14H16O3/c15-13(16)9-11-7-4-8-12(14(11)17)10-5-2-1-3-6-10/h1-3,5-6,11-12H,4,7-9H2,(H,15,16)/t11-,12+/m0/s1. The lowest BCUT2D eigenvalue weighted by Crippen LogP contribution is -2.28. The van der Waals surface area contributed by atoms with Gasteiger partial charge in [-0.1, -0.05) is 36.8 Å². The van der Waals surface area contributed by atoms with Gasteiger partial charge in [-0.25, -0.2) is 0 Å². The van der Waals surface area contributed by atoms with Gasteiger partial charge in [0.25, 0.3) is 0 Å². The number of carboxylic acid groups (broad SMARTS) is 1. The molecule has 1 N–H and O–H groups in total. The highest BCUT2D eigenvalue weighted by molar-refractivity contribution is 5.91. The van der Waals surface area contributed by atoms with Crippen LogP contribution >= 0.6 is 0 Å². The van der Waals surface area contributed by atoms with Crippen molar-refractivity contribution in [2.75, 3.05) is 0 Å². The number of carbonyl (C=O) groups is 2. The molecule has 0 amide bonds. The summed E-state index contributed by atoms with van der Waals surface area (Å²) < 4.78 is 0. The third kappa shape index (κ3) is 2.73. The zero-order valence-electron chi connectivity index (χ0n) is 9.63. The average Bonchev–Trinajstić information content (AvgIpc) is 2.32. The highest BCUT2D eigenvalue weighted by atomic mass is 16.4. The molecule has 0 bridgehead atoms. The Balaban J connectivity index is 2.14. The number of ketones is 1. The van der Waals surface area contributed by atoms with Gasteiger partial charge in [0, 0.05) is 11.8 Å². The van der Waals surface area contributed by atoms with Gasteiger partial charge in [-0.05, 0) is 18.4 Å². The number of hydrogen-bond donors (Lipinski definition) is 1. The van der Waals surface area contributed by atoms with Gasteiger partial charge < -0.3 is 5.11 Å². The molecule has 0 aliphatic heterocycles. The third-order valence-corrected chi connectivity index (χ3v) is 3.41. The zero-order valence-corrected chi connectivity index (χ0v) is 9.63. The molecule has 1 saturated carbocycles. The molecule has 3 nitrogen and oxygen atoms in total. The molecular weight excluding hydrogens is 216 g/mol. The lowest BCUT2D eigenvalue weighted by Gasteiger charge is -2.27. The minimum Gasteiger partial charge on any atom is -0.481 e. The Kier molecular flexibility index (Phi) is 3.57. The topological polar surface area (TPSA) is 54.4 Å². The molecule has 0 radical (unpaired) electrons. The van der Waals surface area contributed by atoms with Crippen LogP contribution in [-0.4, -0.2) is 16.9 Å². The van der Waals surface area contributed by atoms with Crippen LogP contribution in [-0.2, 0) is 9.59 Å². The lowest BCUT2D eigenvalue weighted by atomic mass is 9.75. The largest absolute Gasteiger partial charge is 0.481 e. The molecule has 1 aliphatic carbocycles. The van der Waals surface area contributed by atoms with Gasteiger partial charge in [-0.15, -0.1) is 0 Å². The molecule has 1 aliphatic rings. The molecule has 0 aromatic heterocycles. The smallest absolute Gasteiger partial charge is 0.304 e. The SMILES string of the molecule is O=C(O)C[C@@H]1CCC[C@H](c2ccccc2)C1=O. The minimum absolute atomic E-state index is 0.0256. The van der Waals surface area contributed by atoms with Gasteiger partial charge in [0.05, 0.1) is 6.42 Å². The second-order valence-electron chi connectivity index (χ2n) is 4.59. The number of hydrogen-bond acceptors (Lipinski definition) is 2. The molecule has 0 heterocycles. The molecule has 1 fully saturated rings. The summed E-state index contributed by atoms with van der Waals surface area (Å²) >= 11 is 0. The first-order valence-electron chi connectivity index (χ1n) is 5.99. The number of carbonyl (C=O) groups excluding carboxylic acids is 1. The minimum atomic E-state index is -0.878. The predicted molar refractivity (Wildman–Crippen MR) is 63.8 cm³/mol. The van der Waals surface area contributed by atoms with Crippen LogP contribution in [0.5, 0.6) is 0 Å². The molecule has 1 aromatic carbocycles.